The minimum Gasteiger partial charge on any atom is -0.479 e. The molecule has 34 heavy (non-hydrogen) atoms. The van der Waals surface area contributed by atoms with Crippen molar-refractivity contribution in [2.24, 2.45) is 0 Å². The number of hydrogen-bond donors (Lipinski definition) is 1. The van der Waals surface area contributed by atoms with Crippen LogP contribution >= 0.6 is 11.6 Å². The fourth-order valence-corrected chi connectivity index (χ4v) is 3.04. The summed E-state index contributed by atoms with van der Waals surface area (Å²) in [6.45, 7) is 5.46. The number of amides is 1. The molecule has 1 heterocycles. The molecule has 3 rings (SSSR count). The highest BCUT2D eigenvalue weighted by Gasteiger charge is 2.19. The van der Waals surface area contributed by atoms with E-state index in [0.717, 1.165) is 0 Å². The van der Waals surface area contributed by atoms with E-state index < -0.39 is 18.2 Å². The Kier molecular flexibility index (Phi) is 8.86. The van der Waals surface area contributed by atoms with Crippen molar-refractivity contribution in [2.45, 2.75) is 39.3 Å². The number of esters is 1. The van der Waals surface area contributed by atoms with Gasteiger partial charge in [0, 0.05) is 5.02 Å². The number of nitrogens with one attached hydrogen (secondary N) is 1. The Morgan fingerprint density at radius 1 is 1.03 bits per heavy atom. The smallest absolute Gasteiger partial charge is 0.407 e. The van der Waals surface area contributed by atoms with Crippen molar-refractivity contribution in [3.8, 4) is 17.4 Å². The number of alkyl carbamates (subject to hydrolysis) is 1. The molecular formula is C24H26ClN3O6. The number of halogens is 1. The highest BCUT2D eigenvalue weighted by Crippen LogP contribution is 2.25. The van der Waals surface area contributed by atoms with Gasteiger partial charge in [0.15, 0.2) is 6.10 Å². The second-order valence-electron chi connectivity index (χ2n) is 7.27. The normalized spacial score (nSPS) is 12.5. The summed E-state index contributed by atoms with van der Waals surface area (Å²) in [7, 11) is 0. The van der Waals surface area contributed by atoms with Gasteiger partial charge < -0.3 is 24.3 Å². The molecule has 1 aromatic heterocycles. The number of carbonyl (C=O) groups is 2. The Morgan fingerprint density at radius 3 is 2.47 bits per heavy atom. The van der Waals surface area contributed by atoms with E-state index in [-0.39, 0.29) is 19.3 Å². The van der Waals surface area contributed by atoms with E-state index in [9.17, 15) is 9.59 Å². The van der Waals surface area contributed by atoms with Crippen LogP contribution in [-0.2, 0) is 14.3 Å². The molecule has 2 aromatic carbocycles. The van der Waals surface area contributed by atoms with Crippen molar-refractivity contribution >= 4 is 34.7 Å². The molecule has 2 atom stereocenters. The molecule has 3 aromatic rings. The molecule has 0 saturated carbocycles. The standard InChI is InChI=1S/C24H26ClN3O6/c1-4-17(27-24(30)31-5-2)14-32-23(29)15(3)33-18-7-9-19(10-8-18)34-22-13-26-21-12-16(25)6-11-20(21)28-22/h6-13,15,17H,4-5,14H2,1-3H3,(H,27,30). The van der Waals surface area contributed by atoms with Gasteiger partial charge in [-0.05, 0) is 62.7 Å². The maximum Gasteiger partial charge on any atom is 0.407 e. The average molecular weight is 488 g/mol. The van der Waals surface area contributed by atoms with Gasteiger partial charge in [-0.3, -0.25) is 0 Å². The molecular weight excluding hydrogens is 462 g/mol. The van der Waals surface area contributed by atoms with Crippen LogP contribution in [0.15, 0.2) is 48.7 Å². The van der Waals surface area contributed by atoms with Gasteiger partial charge in [0.25, 0.3) is 0 Å². The molecule has 2 unspecified atom stereocenters. The lowest BCUT2D eigenvalue weighted by atomic mass is 10.2. The topological polar surface area (TPSA) is 109 Å². The number of fused-ring (bicyclic) bond motifs is 1. The average Bonchev–Trinajstić information content (AvgIpc) is 2.83. The molecule has 0 aliphatic heterocycles. The number of aromatic nitrogens is 2. The third-order valence-electron chi connectivity index (χ3n) is 4.69. The maximum atomic E-state index is 12.3. The van der Waals surface area contributed by atoms with E-state index in [0.29, 0.717) is 39.9 Å². The molecule has 1 amide bonds. The van der Waals surface area contributed by atoms with E-state index in [1.807, 2.05) is 6.92 Å². The van der Waals surface area contributed by atoms with Crippen molar-refractivity contribution in [3.05, 3.63) is 53.7 Å². The van der Waals surface area contributed by atoms with E-state index in [4.69, 9.17) is 30.5 Å². The Morgan fingerprint density at radius 2 is 1.76 bits per heavy atom. The number of carbonyl (C=O) groups excluding carboxylic acids is 2. The summed E-state index contributed by atoms with van der Waals surface area (Å²) in [5.74, 6) is 0.784. The number of ether oxygens (including phenoxy) is 4. The van der Waals surface area contributed by atoms with E-state index >= 15 is 0 Å². The zero-order valence-corrected chi connectivity index (χ0v) is 19.9. The summed E-state index contributed by atoms with van der Waals surface area (Å²) in [4.78, 5) is 32.5. The summed E-state index contributed by atoms with van der Waals surface area (Å²) in [5, 5.41) is 3.23. The van der Waals surface area contributed by atoms with Crippen LogP contribution in [0.2, 0.25) is 5.02 Å². The van der Waals surface area contributed by atoms with Crippen molar-refractivity contribution < 1.29 is 28.5 Å². The van der Waals surface area contributed by atoms with Crippen LogP contribution in [0.4, 0.5) is 4.79 Å². The van der Waals surface area contributed by atoms with Gasteiger partial charge in [-0.25, -0.2) is 19.6 Å². The van der Waals surface area contributed by atoms with Crippen LogP contribution in [0.1, 0.15) is 27.2 Å². The van der Waals surface area contributed by atoms with Crippen LogP contribution in [0, 0.1) is 0 Å². The van der Waals surface area contributed by atoms with Crippen LogP contribution in [0.5, 0.6) is 17.4 Å². The van der Waals surface area contributed by atoms with Gasteiger partial charge in [-0.15, -0.1) is 0 Å². The fourth-order valence-electron chi connectivity index (χ4n) is 2.88. The SMILES string of the molecule is CCOC(=O)NC(CC)COC(=O)C(C)Oc1ccc(Oc2cnc3cc(Cl)ccc3n2)cc1. The molecule has 0 saturated heterocycles. The molecule has 0 bridgehead atoms. The Balaban J connectivity index is 1.51. The van der Waals surface area contributed by atoms with Crippen molar-refractivity contribution in [1.82, 2.24) is 15.3 Å². The second kappa shape index (κ2) is 12.0. The Hall–Kier alpha value is -3.59. The number of rotatable bonds is 10. The molecule has 1 N–H and O–H groups in total. The van der Waals surface area contributed by atoms with Gasteiger partial charge in [0.2, 0.25) is 5.88 Å². The lowest BCUT2D eigenvalue weighted by Crippen LogP contribution is -2.40. The van der Waals surface area contributed by atoms with Gasteiger partial charge in [-0.1, -0.05) is 18.5 Å². The summed E-state index contributed by atoms with van der Waals surface area (Å²) < 4.78 is 21.5. The fraction of sp³-hybridized carbons (Fsp3) is 0.333. The molecule has 180 valence electrons. The van der Waals surface area contributed by atoms with Gasteiger partial charge >= 0.3 is 12.1 Å². The minimum atomic E-state index is -0.843. The van der Waals surface area contributed by atoms with Crippen LogP contribution < -0.4 is 14.8 Å². The van der Waals surface area contributed by atoms with Crippen molar-refractivity contribution in [1.29, 1.82) is 0 Å². The summed E-state index contributed by atoms with van der Waals surface area (Å²) in [5.41, 5.74) is 1.34. The molecule has 0 radical (unpaired) electrons. The second-order valence-corrected chi connectivity index (χ2v) is 7.71. The maximum absolute atomic E-state index is 12.3. The van der Waals surface area contributed by atoms with Crippen LogP contribution in [-0.4, -0.2) is 47.4 Å². The van der Waals surface area contributed by atoms with Crippen LogP contribution in [0.25, 0.3) is 11.0 Å². The lowest BCUT2D eigenvalue weighted by Gasteiger charge is -2.19. The zero-order chi connectivity index (χ0) is 24.5. The predicted octanol–water partition coefficient (Wildman–Crippen LogP) is 4.91. The van der Waals surface area contributed by atoms with Gasteiger partial charge in [-0.2, -0.15) is 0 Å². The van der Waals surface area contributed by atoms with Crippen LogP contribution in [0.3, 0.4) is 0 Å². The van der Waals surface area contributed by atoms with Gasteiger partial charge in [0.1, 0.15) is 18.1 Å². The van der Waals surface area contributed by atoms with Gasteiger partial charge in [0.05, 0.1) is 29.9 Å². The Bertz CT molecular complexity index is 1130. The minimum absolute atomic E-state index is 0.0215. The molecule has 0 spiro atoms. The highest BCUT2D eigenvalue weighted by atomic mass is 35.5. The molecule has 9 nitrogen and oxygen atoms in total. The van der Waals surface area contributed by atoms with Crippen molar-refractivity contribution in [3.63, 3.8) is 0 Å². The molecule has 0 aliphatic rings. The Labute approximate surface area is 202 Å². The first-order chi connectivity index (χ1) is 16.4. The lowest BCUT2D eigenvalue weighted by molar-refractivity contribution is -0.151. The van der Waals surface area contributed by atoms with E-state index in [1.165, 1.54) is 6.20 Å². The molecule has 0 fully saturated rings. The zero-order valence-electron chi connectivity index (χ0n) is 19.1. The molecule has 10 heteroatoms. The largest absolute Gasteiger partial charge is 0.479 e. The number of benzene rings is 2. The number of nitrogens with zero attached hydrogens (tertiary/aromatic N) is 2. The first-order valence-corrected chi connectivity index (χ1v) is 11.2. The summed E-state index contributed by atoms with van der Waals surface area (Å²) >= 11 is 5.97. The van der Waals surface area contributed by atoms with E-state index in [1.54, 1.807) is 56.3 Å². The first-order valence-electron chi connectivity index (χ1n) is 10.8. The summed E-state index contributed by atoms with van der Waals surface area (Å²) in [6, 6.07) is 11.6. The quantitative estimate of drug-likeness (QED) is 0.402. The third kappa shape index (κ3) is 7.21. The predicted molar refractivity (Wildman–Crippen MR) is 126 cm³/mol. The van der Waals surface area contributed by atoms with E-state index in [2.05, 4.69) is 15.3 Å². The first kappa shape index (κ1) is 25.0. The third-order valence-corrected chi connectivity index (χ3v) is 4.93. The molecule has 0 aliphatic carbocycles. The summed E-state index contributed by atoms with van der Waals surface area (Å²) in [6.07, 6.45) is 0.709. The monoisotopic (exact) mass is 487 g/mol. The number of hydrogen-bond acceptors (Lipinski definition) is 8. The highest BCUT2D eigenvalue weighted by molar-refractivity contribution is 6.31. The van der Waals surface area contributed by atoms with Crippen molar-refractivity contribution in [2.75, 3.05) is 13.2 Å².